The number of hydrogen-bond acceptors (Lipinski definition) is 4. The van der Waals surface area contributed by atoms with Gasteiger partial charge in [0.15, 0.2) is 0 Å². The van der Waals surface area contributed by atoms with Crippen molar-refractivity contribution in [2.75, 3.05) is 26.3 Å². The highest BCUT2D eigenvalue weighted by Crippen LogP contribution is 2.29. The summed E-state index contributed by atoms with van der Waals surface area (Å²) in [6.45, 7) is 8.57. The molecule has 0 radical (unpaired) electrons. The number of hydrogen-bond donors (Lipinski definition) is 0. The van der Waals surface area contributed by atoms with E-state index in [9.17, 15) is 0 Å². The van der Waals surface area contributed by atoms with Gasteiger partial charge >= 0.3 is 0 Å². The Morgan fingerprint density at radius 3 is 2.80 bits per heavy atom. The maximum atomic E-state index is 5.49. The summed E-state index contributed by atoms with van der Waals surface area (Å²) in [7, 11) is 0. The second-order valence-electron chi connectivity index (χ2n) is 6.33. The van der Waals surface area contributed by atoms with Gasteiger partial charge in [-0.1, -0.05) is 0 Å². The van der Waals surface area contributed by atoms with E-state index in [0.29, 0.717) is 18.0 Å². The topological polar surface area (TPSA) is 43.2 Å². The van der Waals surface area contributed by atoms with Crippen LogP contribution in [0.5, 0.6) is 0 Å². The van der Waals surface area contributed by atoms with Crippen LogP contribution in [0.15, 0.2) is 6.33 Å². The van der Waals surface area contributed by atoms with Crippen LogP contribution in [0.25, 0.3) is 0 Å². The second kappa shape index (κ2) is 6.22. The van der Waals surface area contributed by atoms with Gasteiger partial charge in [0.25, 0.3) is 0 Å². The van der Waals surface area contributed by atoms with Gasteiger partial charge in [0, 0.05) is 37.8 Å². The smallest absolute Gasteiger partial charge is 0.138 e. The Labute approximate surface area is 121 Å². The standard InChI is InChI=1S/C15H26N4O/c1-12(2)19-15(16-11-17-19)13-4-3-7-18(10-13)14-5-8-20-9-6-14/h11-14H,3-10H2,1-2H3. The molecule has 1 unspecified atom stereocenters. The van der Waals surface area contributed by atoms with Crippen molar-refractivity contribution in [2.45, 2.75) is 57.5 Å². The molecule has 5 heteroatoms. The molecule has 3 rings (SSSR count). The van der Waals surface area contributed by atoms with Gasteiger partial charge in [0.05, 0.1) is 0 Å². The van der Waals surface area contributed by atoms with E-state index in [1.165, 1.54) is 38.1 Å². The summed E-state index contributed by atoms with van der Waals surface area (Å²) in [5.74, 6) is 1.72. The Balaban J connectivity index is 1.69. The molecule has 0 aromatic carbocycles. The number of rotatable bonds is 3. The molecule has 0 amide bonds. The van der Waals surface area contributed by atoms with Crippen LogP contribution >= 0.6 is 0 Å². The van der Waals surface area contributed by atoms with Gasteiger partial charge < -0.3 is 4.74 Å². The Morgan fingerprint density at radius 2 is 2.05 bits per heavy atom. The van der Waals surface area contributed by atoms with Crippen LogP contribution in [0.1, 0.15) is 57.3 Å². The summed E-state index contributed by atoms with van der Waals surface area (Å²) >= 11 is 0. The van der Waals surface area contributed by atoms with Gasteiger partial charge in [-0.05, 0) is 46.1 Å². The zero-order chi connectivity index (χ0) is 13.9. The van der Waals surface area contributed by atoms with E-state index in [0.717, 1.165) is 19.8 Å². The van der Waals surface area contributed by atoms with Crippen molar-refractivity contribution in [3.63, 3.8) is 0 Å². The molecule has 112 valence electrons. The van der Waals surface area contributed by atoms with E-state index in [1.807, 2.05) is 0 Å². The zero-order valence-corrected chi connectivity index (χ0v) is 12.7. The van der Waals surface area contributed by atoms with Crippen LogP contribution in [0.2, 0.25) is 0 Å². The summed E-state index contributed by atoms with van der Waals surface area (Å²) in [5, 5.41) is 4.40. The predicted octanol–water partition coefficient (Wildman–Crippen LogP) is 2.22. The molecule has 2 aliphatic heterocycles. The van der Waals surface area contributed by atoms with Crippen LogP contribution in [0, 0.1) is 0 Å². The molecular weight excluding hydrogens is 252 g/mol. The minimum Gasteiger partial charge on any atom is -0.381 e. The Bertz CT molecular complexity index is 425. The highest BCUT2D eigenvalue weighted by Gasteiger charge is 2.30. The molecular formula is C15H26N4O. The lowest BCUT2D eigenvalue weighted by atomic mass is 9.94. The fourth-order valence-corrected chi connectivity index (χ4v) is 3.55. The quantitative estimate of drug-likeness (QED) is 0.850. The van der Waals surface area contributed by atoms with E-state index in [-0.39, 0.29) is 0 Å². The van der Waals surface area contributed by atoms with Crippen LogP contribution in [0.4, 0.5) is 0 Å². The van der Waals surface area contributed by atoms with Crippen molar-refractivity contribution in [2.24, 2.45) is 0 Å². The van der Waals surface area contributed by atoms with E-state index >= 15 is 0 Å². The van der Waals surface area contributed by atoms with Gasteiger partial charge in [-0.3, -0.25) is 4.90 Å². The molecule has 0 saturated carbocycles. The van der Waals surface area contributed by atoms with Crippen molar-refractivity contribution in [3.8, 4) is 0 Å². The van der Waals surface area contributed by atoms with Crippen molar-refractivity contribution in [1.82, 2.24) is 19.7 Å². The Hall–Kier alpha value is -0.940. The third-order valence-corrected chi connectivity index (χ3v) is 4.62. The summed E-state index contributed by atoms with van der Waals surface area (Å²) in [5.41, 5.74) is 0. The minimum atomic E-state index is 0.394. The average Bonchev–Trinajstić information content (AvgIpc) is 2.98. The Morgan fingerprint density at radius 1 is 1.25 bits per heavy atom. The first kappa shape index (κ1) is 14.0. The van der Waals surface area contributed by atoms with Gasteiger partial charge in [-0.2, -0.15) is 5.10 Å². The van der Waals surface area contributed by atoms with E-state index in [1.54, 1.807) is 6.33 Å². The zero-order valence-electron chi connectivity index (χ0n) is 12.7. The van der Waals surface area contributed by atoms with Crippen LogP contribution in [-0.4, -0.2) is 52.0 Å². The maximum Gasteiger partial charge on any atom is 0.138 e. The molecule has 2 fully saturated rings. The molecule has 0 N–H and O–H groups in total. The molecule has 5 nitrogen and oxygen atoms in total. The van der Waals surface area contributed by atoms with Crippen molar-refractivity contribution >= 4 is 0 Å². The number of nitrogens with zero attached hydrogens (tertiary/aromatic N) is 4. The van der Waals surface area contributed by atoms with Gasteiger partial charge in [0.1, 0.15) is 12.2 Å². The van der Waals surface area contributed by atoms with E-state index in [4.69, 9.17) is 4.74 Å². The number of aromatic nitrogens is 3. The van der Waals surface area contributed by atoms with Gasteiger partial charge in [-0.15, -0.1) is 0 Å². The molecule has 1 aromatic rings. The summed E-state index contributed by atoms with van der Waals surface area (Å²) in [6, 6.07) is 1.10. The lowest BCUT2D eigenvalue weighted by Crippen LogP contribution is -2.45. The Kier molecular flexibility index (Phi) is 4.36. The lowest BCUT2D eigenvalue weighted by Gasteiger charge is -2.39. The van der Waals surface area contributed by atoms with Crippen molar-refractivity contribution in [3.05, 3.63) is 12.2 Å². The number of piperidine rings is 1. The minimum absolute atomic E-state index is 0.394. The molecule has 2 aliphatic rings. The van der Waals surface area contributed by atoms with Gasteiger partial charge in [0.2, 0.25) is 0 Å². The molecule has 0 bridgehead atoms. The SMILES string of the molecule is CC(C)n1ncnc1C1CCCN(C2CCOCC2)C1. The third kappa shape index (κ3) is 2.88. The molecule has 20 heavy (non-hydrogen) atoms. The first-order chi connectivity index (χ1) is 9.75. The fourth-order valence-electron chi connectivity index (χ4n) is 3.55. The number of likely N-dealkylation sites (tertiary alicyclic amines) is 1. The normalized spacial score (nSPS) is 26.2. The fraction of sp³-hybridized carbons (Fsp3) is 0.867. The highest BCUT2D eigenvalue weighted by atomic mass is 16.5. The monoisotopic (exact) mass is 278 g/mol. The molecule has 2 saturated heterocycles. The third-order valence-electron chi connectivity index (χ3n) is 4.62. The number of ether oxygens (including phenoxy) is 1. The predicted molar refractivity (Wildman–Crippen MR) is 77.8 cm³/mol. The first-order valence-corrected chi connectivity index (χ1v) is 7.97. The first-order valence-electron chi connectivity index (χ1n) is 7.97. The van der Waals surface area contributed by atoms with Crippen molar-refractivity contribution in [1.29, 1.82) is 0 Å². The molecule has 0 aliphatic carbocycles. The molecule has 0 spiro atoms. The largest absolute Gasteiger partial charge is 0.381 e. The summed E-state index contributed by atoms with van der Waals surface area (Å²) in [4.78, 5) is 7.20. The highest BCUT2D eigenvalue weighted by molar-refractivity contribution is 5.01. The molecule has 3 heterocycles. The van der Waals surface area contributed by atoms with E-state index in [2.05, 4.69) is 33.5 Å². The molecule has 1 aromatic heterocycles. The van der Waals surface area contributed by atoms with Crippen LogP contribution in [0.3, 0.4) is 0 Å². The second-order valence-corrected chi connectivity index (χ2v) is 6.33. The van der Waals surface area contributed by atoms with Crippen LogP contribution < -0.4 is 0 Å². The van der Waals surface area contributed by atoms with Crippen molar-refractivity contribution < 1.29 is 4.74 Å². The summed E-state index contributed by atoms with van der Waals surface area (Å²) in [6.07, 6.45) is 6.59. The summed E-state index contributed by atoms with van der Waals surface area (Å²) < 4.78 is 7.58. The maximum absolute atomic E-state index is 5.49. The van der Waals surface area contributed by atoms with Gasteiger partial charge in [-0.25, -0.2) is 9.67 Å². The molecule has 1 atom stereocenters. The van der Waals surface area contributed by atoms with Crippen LogP contribution in [-0.2, 0) is 4.74 Å². The lowest BCUT2D eigenvalue weighted by molar-refractivity contribution is 0.0232. The van der Waals surface area contributed by atoms with E-state index < -0.39 is 0 Å². The average molecular weight is 278 g/mol.